The fourth-order valence-corrected chi connectivity index (χ4v) is 5.75. The predicted octanol–water partition coefficient (Wildman–Crippen LogP) is 6.83. The number of methoxy groups -OCH3 is 2. The smallest absolute Gasteiger partial charge is 0.330 e. The standard InChI is InChI=1S/C31H45NO4Si/c1-31(2,3)37(6,7)36-21-9-19-32(20-18-24-10-8-11-27(23-24)34-4)29-16-14-26-22-25(12-15-28(26)29)13-17-30(33)35-5/h8,10-13,15,17,22-23,29H,9,14,16,18-21H2,1-7H3/b17-13+. The topological polar surface area (TPSA) is 48.0 Å². The van der Waals surface area contributed by atoms with E-state index in [1.165, 1.54) is 29.9 Å². The summed E-state index contributed by atoms with van der Waals surface area (Å²) in [5.41, 5.74) is 5.12. The van der Waals surface area contributed by atoms with Gasteiger partial charge in [0.2, 0.25) is 0 Å². The lowest BCUT2D eigenvalue weighted by Gasteiger charge is -2.36. The Bertz CT molecular complexity index is 1070. The Hall–Kier alpha value is -2.41. The number of fused-ring (bicyclic) bond motifs is 1. The number of benzene rings is 2. The van der Waals surface area contributed by atoms with Gasteiger partial charge in [-0.15, -0.1) is 0 Å². The summed E-state index contributed by atoms with van der Waals surface area (Å²) in [6.07, 6.45) is 7.48. The van der Waals surface area contributed by atoms with Gasteiger partial charge in [-0.05, 0) is 84.3 Å². The highest BCUT2D eigenvalue weighted by Gasteiger charge is 2.37. The number of rotatable bonds is 12. The highest BCUT2D eigenvalue weighted by Crippen LogP contribution is 2.38. The minimum Gasteiger partial charge on any atom is -0.497 e. The molecule has 5 nitrogen and oxygen atoms in total. The molecule has 0 fully saturated rings. The molecule has 0 bridgehead atoms. The van der Waals surface area contributed by atoms with Crippen molar-refractivity contribution in [2.75, 3.05) is 33.9 Å². The van der Waals surface area contributed by atoms with Crippen molar-refractivity contribution in [3.05, 3.63) is 70.8 Å². The summed E-state index contributed by atoms with van der Waals surface area (Å²) in [6, 6.07) is 15.4. The Kier molecular flexibility index (Phi) is 10.2. The largest absolute Gasteiger partial charge is 0.497 e. The molecule has 37 heavy (non-hydrogen) atoms. The van der Waals surface area contributed by atoms with E-state index < -0.39 is 8.32 Å². The number of ether oxygens (including phenoxy) is 2. The summed E-state index contributed by atoms with van der Waals surface area (Å²) >= 11 is 0. The molecule has 1 atom stereocenters. The summed E-state index contributed by atoms with van der Waals surface area (Å²) in [6.45, 7) is 14.3. The van der Waals surface area contributed by atoms with Gasteiger partial charge in [0.1, 0.15) is 5.75 Å². The van der Waals surface area contributed by atoms with Crippen molar-refractivity contribution in [1.82, 2.24) is 4.90 Å². The van der Waals surface area contributed by atoms with Crippen LogP contribution in [0.4, 0.5) is 0 Å². The average Bonchev–Trinajstić information content (AvgIpc) is 3.29. The van der Waals surface area contributed by atoms with Crippen molar-refractivity contribution >= 4 is 20.4 Å². The van der Waals surface area contributed by atoms with Gasteiger partial charge in [-0.25, -0.2) is 4.79 Å². The summed E-state index contributed by atoms with van der Waals surface area (Å²) in [5, 5.41) is 0.226. The van der Waals surface area contributed by atoms with Gasteiger partial charge in [-0.1, -0.05) is 51.1 Å². The normalized spacial score (nSPS) is 15.8. The van der Waals surface area contributed by atoms with Crippen LogP contribution in [0.15, 0.2) is 48.5 Å². The summed E-state index contributed by atoms with van der Waals surface area (Å²) < 4.78 is 16.7. The zero-order valence-corrected chi connectivity index (χ0v) is 24.8. The van der Waals surface area contributed by atoms with Crippen LogP contribution in [-0.4, -0.2) is 53.1 Å². The van der Waals surface area contributed by atoms with E-state index in [0.717, 1.165) is 56.7 Å². The van der Waals surface area contributed by atoms with Gasteiger partial charge in [-0.3, -0.25) is 4.90 Å². The highest BCUT2D eigenvalue weighted by molar-refractivity contribution is 6.74. The Morgan fingerprint density at radius 1 is 1.11 bits per heavy atom. The first kappa shape index (κ1) is 29.1. The number of hydrogen-bond acceptors (Lipinski definition) is 5. The Balaban J connectivity index is 1.72. The molecule has 1 unspecified atom stereocenters. The zero-order chi connectivity index (χ0) is 27.1. The van der Waals surface area contributed by atoms with Gasteiger partial charge >= 0.3 is 5.97 Å². The van der Waals surface area contributed by atoms with Crippen LogP contribution in [0.5, 0.6) is 5.75 Å². The zero-order valence-electron chi connectivity index (χ0n) is 23.8. The molecule has 0 amide bonds. The molecule has 3 rings (SSSR count). The lowest BCUT2D eigenvalue weighted by molar-refractivity contribution is -0.134. The van der Waals surface area contributed by atoms with Crippen molar-refractivity contribution in [1.29, 1.82) is 0 Å². The maximum Gasteiger partial charge on any atom is 0.330 e. The molecule has 0 aliphatic heterocycles. The second-order valence-corrected chi connectivity index (χ2v) is 16.3. The average molecular weight is 524 g/mol. The van der Waals surface area contributed by atoms with Crippen molar-refractivity contribution in [2.45, 2.75) is 70.6 Å². The first-order valence-corrected chi connectivity index (χ1v) is 16.3. The van der Waals surface area contributed by atoms with E-state index in [1.54, 1.807) is 7.11 Å². The van der Waals surface area contributed by atoms with E-state index in [2.05, 4.69) is 75.2 Å². The van der Waals surface area contributed by atoms with Gasteiger partial charge in [0, 0.05) is 31.8 Å². The van der Waals surface area contributed by atoms with E-state index in [1.807, 2.05) is 12.1 Å². The Morgan fingerprint density at radius 3 is 2.59 bits per heavy atom. The monoisotopic (exact) mass is 523 g/mol. The molecule has 0 saturated heterocycles. The first-order valence-electron chi connectivity index (χ1n) is 13.4. The summed E-state index contributed by atoms with van der Waals surface area (Å²) in [4.78, 5) is 14.1. The molecule has 1 aliphatic carbocycles. The van der Waals surface area contributed by atoms with Gasteiger partial charge < -0.3 is 13.9 Å². The minimum atomic E-state index is -1.74. The van der Waals surface area contributed by atoms with Crippen molar-refractivity contribution in [3.63, 3.8) is 0 Å². The third-order valence-corrected chi connectivity index (χ3v) is 12.5. The molecule has 6 heteroatoms. The quantitative estimate of drug-likeness (QED) is 0.132. The van der Waals surface area contributed by atoms with Crippen LogP contribution in [0.25, 0.3) is 6.08 Å². The van der Waals surface area contributed by atoms with E-state index >= 15 is 0 Å². The molecule has 0 N–H and O–H groups in total. The van der Waals surface area contributed by atoms with Crippen molar-refractivity contribution in [3.8, 4) is 5.75 Å². The predicted molar refractivity (Wildman–Crippen MR) is 155 cm³/mol. The molecule has 202 valence electrons. The van der Waals surface area contributed by atoms with Crippen LogP contribution in [0.1, 0.15) is 61.9 Å². The van der Waals surface area contributed by atoms with Crippen molar-refractivity contribution in [2.24, 2.45) is 0 Å². The molecule has 0 heterocycles. The van der Waals surface area contributed by atoms with Gasteiger partial charge in [-0.2, -0.15) is 0 Å². The van der Waals surface area contributed by atoms with Crippen LogP contribution >= 0.6 is 0 Å². The number of aryl methyl sites for hydroxylation is 1. The maximum absolute atomic E-state index is 11.5. The van der Waals surface area contributed by atoms with Crippen LogP contribution in [-0.2, 0) is 26.8 Å². The van der Waals surface area contributed by atoms with Crippen LogP contribution < -0.4 is 4.74 Å². The van der Waals surface area contributed by atoms with Crippen LogP contribution in [0.2, 0.25) is 18.1 Å². The van der Waals surface area contributed by atoms with E-state index in [0.29, 0.717) is 6.04 Å². The molecule has 0 aromatic heterocycles. The molecule has 0 saturated carbocycles. The number of carbonyl (C=O) groups is 1. The van der Waals surface area contributed by atoms with Gasteiger partial charge in [0.15, 0.2) is 8.32 Å². The SMILES string of the molecule is COC(=O)/C=C/c1ccc2c(c1)CCC2N(CCCO[Si](C)(C)C(C)(C)C)CCc1cccc(OC)c1. The summed E-state index contributed by atoms with van der Waals surface area (Å²) in [5.74, 6) is 0.576. The van der Waals surface area contributed by atoms with Gasteiger partial charge in [0.05, 0.1) is 14.2 Å². The first-order chi connectivity index (χ1) is 17.5. The lowest BCUT2D eigenvalue weighted by atomic mass is 10.0. The van der Waals surface area contributed by atoms with Gasteiger partial charge in [0.25, 0.3) is 0 Å². The van der Waals surface area contributed by atoms with E-state index in [-0.39, 0.29) is 11.0 Å². The van der Waals surface area contributed by atoms with E-state index in [9.17, 15) is 4.79 Å². The number of carbonyl (C=O) groups excluding carboxylic acids is 1. The Morgan fingerprint density at radius 2 is 1.89 bits per heavy atom. The Labute approximate surface area is 224 Å². The molecular weight excluding hydrogens is 478 g/mol. The molecular formula is C31H45NO4Si. The minimum absolute atomic E-state index is 0.226. The highest BCUT2D eigenvalue weighted by atomic mass is 28.4. The second-order valence-electron chi connectivity index (χ2n) is 11.5. The fraction of sp³-hybridized carbons (Fsp3) is 0.516. The molecule has 0 spiro atoms. The van der Waals surface area contributed by atoms with E-state index in [4.69, 9.17) is 13.9 Å². The maximum atomic E-state index is 11.5. The van der Waals surface area contributed by atoms with Crippen LogP contribution in [0.3, 0.4) is 0 Å². The molecule has 2 aromatic rings. The number of esters is 1. The second kappa shape index (κ2) is 12.9. The third kappa shape index (κ3) is 8.03. The lowest BCUT2D eigenvalue weighted by Crippen LogP contribution is -2.41. The third-order valence-electron chi connectivity index (χ3n) is 7.95. The number of hydrogen-bond donors (Lipinski definition) is 0. The fourth-order valence-electron chi connectivity index (χ4n) is 4.67. The summed E-state index contributed by atoms with van der Waals surface area (Å²) in [7, 11) is 1.38. The molecule has 0 radical (unpaired) electrons. The molecule has 1 aliphatic rings. The van der Waals surface area contributed by atoms with Crippen molar-refractivity contribution < 1.29 is 18.7 Å². The molecule has 2 aromatic carbocycles. The van der Waals surface area contributed by atoms with Crippen LogP contribution in [0, 0.1) is 0 Å². The number of nitrogens with zero attached hydrogens (tertiary/aromatic N) is 1.